The fraction of sp³-hybridized carbons (Fsp3) is 0.353. The molecule has 0 bridgehead atoms. The molecule has 2 aromatic heterocycles. The molecule has 5 nitrogen and oxygen atoms in total. The third-order valence-corrected chi connectivity index (χ3v) is 5.10. The molecule has 0 saturated heterocycles. The van der Waals surface area contributed by atoms with Gasteiger partial charge in [-0.2, -0.15) is 0 Å². The SMILES string of the molecule is COc1cc2cc(C(=O)C[C@H](C)C(C)=O)sc2c2nc(C)oc12. The Kier molecular flexibility index (Phi) is 3.93. The van der Waals surface area contributed by atoms with Crippen LogP contribution in [0.15, 0.2) is 16.5 Å². The number of rotatable bonds is 5. The molecule has 1 aromatic carbocycles. The Morgan fingerprint density at radius 2 is 2.13 bits per heavy atom. The molecule has 3 rings (SSSR count). The highest BCUT2D eigenvalue weighted by molar-refractivity contribution is 7.21. The van der Waals surface area contributed by atoms with Crippen LogP contribution in [0.1, 0.15) is 35.8 Å². The number of aryl methyl sites for hydroxylation is 1. The maximum Gasteiger partial charge on any atom is 0.198 e. The van der Waals surface area contributed by atoms with Gasteiger partial charge in [0.1, 0.15) is 11.3 Å². The van der Waals surface area contributed by atoms with Crippen molar-refractivity contribution >= 4 is 44.1 Å². The highest BCUT2D eigenvalue weighted by Gasteiger charge is 2.20. The van der Waals surface area contributed by atoms with Crippen LogP contribution in [-0.2, 0) is 4.79 Å². The summed E-state index contributed by atoms with van der Waals surface area (Å²) in [5, 5.41) is 0.895. The second kappa shape index (κ2) is 5.77. The van der Waals surface area contributed by atoms with Crippen LogP contribution in [0.3, 0.4) is 0 Å². The molecule has 0 fully saturated rings. The number of hydrogen-bond donors (Lipinski definition) is 0. The summed E-state index contributed by atoms with van der Waals surface area (Å²) >= 11 is 1.38. The summed E-state index contributed by atoms with van der Waals surface area (Å²) in [6, 6.07) is 3.69. The Morgan fingerprint density at radius 1 is 1.39 bits per heavy atom. The van der Waals surface area contributed by atoms with Gasteiger partial charge in [-0.3, -0.25) is 9.59 Å². The van der Waals surface area contributed by atoms with Gasteiger partial charge in [0.2, 0.25) is 0 Å². The van der Waals surface area contributed by atoms with E-state index < -0.39 is 0 Å². The minimum Gasteiger partial charge on any atom is -0.493 e. The Bertz CT molecular complexity index is 922. The molecule has 0 spiro atoms. The molecule has 0 aliphatic heterocycles. The van der Waals surface area contributed by atoms with Crippen molar-refractivity contribution in [2.75, 3.05) is 7.11 Å². The van der Waals surface area contributed by atoms with E-state index >= 15 is 0 Å². The van der Waals surface area contributed by atoms with Gasteiger partial charge >= 0.3 is 0 Å². The van der Waals surface area contributed by atoms with E-state index in [4.69, 9.17) is 9.15 Å². The molecular weight excluding hydrogens is 314 g/mol. The third-order valence-electron chi connectivity index (χ3n) is 3.90. The van der Waals surface area contributed by atoms with E-state index in [1.54, 1.807) is 21.0 Å². The summed E-state index contributed by atoms with van der Waals surface area (Å²) < 4.78 is 11.9. The number of carbonyl (C=O) groups is 2. The number of Topliss-reactive ketones (excluding diaryl/α,β-unsaturated/α-hetero) is 2. The first-order valence-corrected chi connectivity index (χ1v) is 8.13. The second-order valence-corrected chi connectivity index (χ2v) is 6.71. The monoisotopic (exact) mass is 331 g/mol. The van der Waals surface area contributed by atoms with Gasteiger partial charge in [0.25, 0.3) is 0 Å². The van der Waals surface area contributed by atoms with Gasteiger partial charge in [-0.25, -0.2) is 4.98 Å². The first-order chi connectivity index (χ1) is 10.9. The Labute approximate surface area is 137 Å². The highest BCUT2D eigenvalue weighted by Crippen LogP contribution is 2.38. The zero-order chi connectivity index (χ0) is 16.7. The normalized spacial score (nSPS) is 12.7. The molecule has 120 valence electrons. The number of methoxy groups -OCH3 is 1. The average Bonchev–Trinajstić information content (AvgIpc) is 3.08. The number of nitrogens with zero attached hydrogens (tertiary/aromatic N) is 1. The summed E-state index contributed by atoms with van der Waals surface area (Å²) in [5.41, 5.74) is 1.30. The Hall–Kier alpha value is -2.21. The number of thiophene rings is 1. The lowest BCUT2D eigenvalue weighted by atomic mass is 10.00. The molecular formula is C17H17NO4S. The number of ketones is 2. The van der Waals surface area contributed by atoms with Crippen molar-refractivity contribution in [1.82, 2.24) is 4.98 Å². The van der Waals surface area contributed by atoms with Crippen LogP contribution in [0.5, 0.6) is 5.75 Å². The number of carbonyl (C=O) groups excluding carboxylic acids is 2. The molecule has 0 aliphatic carbocycles. The molecule has 23 heavy (non-hydrogen) atoms. The quantitative estimate of drug-likeness (QED) is 0.657. The van der Waals surface area contributed by atoms with Crippen LogP contribution in [-0.4, -0.2) is 23.7 Å². The van der Waals surface area contributed by atoms with Crippen molar-refractivity contribution in [1.29, 1.82) is 0 Å². The van der Waals surface area contributed by atoms with Crippen molar-refractivity contribution in [3.63, 3.8) is 0 Å². The van der Waals surface area contributed by atoms with Crippen molar-refractivity contribution in [2.24, 2.45) is 5.92 Å². The lowest BCUT2D eigenvalue weighted by Gasteiger charge is -2.04. The summed E-state index contributed by atoms with van der Waals surface area (Å²) in [4.78, 5) is 28.8. The van der Waals surface area contributed by atoms with E-state index in [0.29, 0.717) is 27.6 Å². The van der Waals surface area contributed by atoms with Crippen LogP contribution >= 0.6 is 11.3 Å². The number of oxazole rings is 1. The number of benzene rings is 1. The maximum atomic E-state index is 12.4. The van der Waals surface area contributed by atoms with Crippen molar-refractivity contribution < 1.29 is 18.7 Å². The number of ether oxygens (including phenoxy) is 1. The van der Waals surface area contributed by atoms with Gasteiger partial charge < -0.3 is 9.15 Å². The molecule has 6 heteroatoms. The fourth-order valence-corrected chi connectivity index (χ4v) is 3.54. The Morgan fingerprint density at radius 3 is 2.78 bits per heavy atom. The molecule has 0 amide bonds. The van der Waals surface area contributed by atoms with E-state index in [2.05, 4.69) is 4.98 Å². The molecule has 1 atom stereocenters. The van der Waals surface area contributed by atoms with Crippen molar-refractivity contribution in [2.45, 2.75) is 27.2 Å². The van der Waals surface area contributed by atoms with E-state index in [1.165, 1.54) is 18.3 Å². The summed E-state index contributed by atoms with van der Waals surface area (Å²) in [6.45, 7) is 5.06. The van der Waals surface area contributed by atoms with E-state index in [9.17, 15) is 9.59 Å². The standard InChI is InChI=1S/C17H17NO4S/c1-8(9(2)19)5-12(20)14-7-11-6-13(21-4)16-15(17(11)23-14)18-10(3)22-16/h6-8H,5H2,1-4H3/t8-/m0/s1. The molecule has 0 N–H and O–H groups in total. The number of aromatic nitrogens is 1. The number of hydrogen-bond acceptors (Lipinski definition) is 6. The van der Waals surface area contributed by atoms with E-state index in [-0.39, 0.29) is 23.9 Å². The first-order valence-electron chi connectivity index (χ1n) is 7.32. The molecule has 0 aliphatic rings. The van der Waals surface area contributed by atoms with Gasteiger partial charge in [0.05, 0.1) is 16.7 Å². The first kappa shape index (κ1) is 15.7. The molecule has 0 radical (unpaired) electrons. The second-order valence-electron chi connectivity index (χ2n) is 5.66. The molecule has 2 heterocycles. The predicted molar refractivity (Wildman–Crippen MR) is 89.5 cm³/mol. The smallest absolute Gasteiger partial charge is 0.198 e. The van der Waals surface area contributed by atoms with Crippen LogP contribution in [0.4, 0.5) is 0 Å². The van der Waals surface area contributed by atoms with Crippen molar-refractivity contribution in [3.8, 4) is 5.75 Å². The maximum absolute atomic E-state index is 12.4. The largest absolute Gasteiger partial charge is 0.493 e. The van der Waals surface area contributed by atoms with E-state index in [1.807, 2.05) is 12.1 Å². The lowest BCUT2D eigenvalue weighted by molar-refractivity contribution is -0.120. The minimum absolute atomic E-state index is 0.0237. The zero-order valence-corrected chi connectivity index (χ0v) is 14.2. The molecule has 0 saturated carbocycles. The summed E-state index contributed by atoms with van der Waals surface area (Å²) in [7, 11) is 1.57. The van der Waals surface area contributed by atoms with Gasteiger partial charge in [0, 0.05) is 19.3 Å². The van der Waals surface area contributed by atoms with Crippen LogP contribution in [0.2, 0.25) is 0 Å². The molecule has 3 aromatic rings. The van der Waals surface area contributed by atoms with Gasteiger partial charge in [-0.1, -0.05) is 6.92 Å². The zero-order valence-electron chi connectivity index (χ0n) is 13.4. The molecule has 0 unspecified atom stereocenters. The average molecular weight is 331 g/mol. The summed E-state index contributed by atoms with van der Waals surface area (Å²) in [6.07, 6.45) is 0.222. The van der Waals surface area contributed by atoms with Crippen LogP contribution in [0.25, 0.3) is 21.2 Å². The van der Waals surface area contributed by atoms with Gasteiger partial charge in [-0.15, -0.1) is 11.3 Å². The van der Waals surface area contributed by atoms with Crippen LogP contribution < -0.4 is 4.74 Å². The highest BCUT2D eigenvalue weighted by atomic mass is 32.1. The van der Waals surface area contributed by atoms with Crippen LogP contribution in [0, 0.1) is 12.8 Å². The fourth-order valence-electron chi connectivity index (χ4n) is 2.46. The van der Waals surface area contributed by atoms with Gasteiger partial charge in [0.15, 0.2) is 23.0 Å². The van der Waals surface area contributed by atoms with E-state index in [0.717, 1.165) is 10.1 Å². The van der Waals surface area contributed by atoms with Gasteiger partial charge in [-0.05, 0) is 24.4 Å². The number of fused-ring (bicyclic) bond motifs is 3. The predicted octanol–water partition coefficient (Wildman–Crippen LogP) is 4.16. The topological polar surface area (TPSA) is 69.4 Å². The summed E-state index contributed by atoms with van der Waals surface area (Å²) in [5.74, 6) is 0.882. The lowest BCUT2D eigenvalue weighted by Crippen LogP contribution is -2.11. The Balaban J connectivity index is 2.10. The minimum atomic E-state index is -0.267. The third kappa shape index (κ3) is 2.74. The van der Waals surface area contributed by atoms with Crippen molar-refractivity contribution in [3.05, 3.63) is 22.9 Å².